The number of hydrogen-bond acceptors (Lipinski definition) is 3. The van der Waals surface area contributed by atoms with E-state index in [2.05, 4.69) is 44.5 Å². The molecule has 3 aromatic rings. The summed E-state index contributed by atoms with van der Waals surface area (Å²) in [5, 5.41) is 3.35. The Kier molecular flexibility index (Phi) is 4.86. The molecule has 116 valence electrons. The fourth-order valence-corrected chi connectivity index (χ4v) is 4.32. The second kappa shape index (κ2) is 6.86. The molecule has 0 aliphatic carbocycles. The van der Waals surface area contributed by atoms with Gasteiger partial charge in [-0.1, -0.05) is 0 Å². The molecular formula is C17H19BrN2OS. The second-order valence-corrected chi connectivity index (χ2v) is 7.00. The number of unbranched alkanes of at least 4 members (excludes halogenated alkanes) is 1. The van der Waals surface area contributed by atoms with Gasteiger partial charge in [-0.25, -0.2) is 0 Å². The molecule has 0 saturated heterocycles. The van der Waals surface area contributed by atoms with Crippen molar-refractivity contribution in [1.29, 1.82) is 0 Å². The number of benzene rings is 1. The smallest absolute Gasteiger partial charge is 0.119 e. The largest absolute Gasteiger partial charge is 0.497 e. The third-order valence-electron chi connectivity index (χ3n) is 3.84. The van der Waals surface area contributed by atoms with E-state index in [0.717, 1.165) is 41.5 Å². The molecule has 22 heavy (non-hydrogen) atoms. The van der Waals surface area contributed by atoms with Gasteiger partial charge < -0.3 is 15.5 Å². The van der Waals surface area contributed by atoms with Crippen LogP contribution >= 0.6 is 27.3 Å². The average Bonchev–Trinajstić information content (AvgIpc) is 3.10. The van der Waals surface area contributed by atoms with Crippen molar-refractivity contribution in [2.45, 2.75) is 19.3 Å². The van der Waals surface area contributed by atoms with Crippen LogP contribution < -0.4 is 10.5 Å². The van der Waals surface area contributed by atoms with Crippen LogP contribution in [-0.2, 0) is 6.42 Å². The molecule has 0 aliphatic heterocycles. The van der Waals surface area contributed by atoms with Gasteiger partial charge in [-0.3, -0.25) is 0 Å². The Balaban J connectivity index is 2.13. The molecule has 1 aromatic carbocycles. The number of aromatic nitrogens is 1. The lowest BCUT2D eigenvalue weighted by Crippen LogP contribution is -1.99. The van der Waals surface area contributed by atoms with E-state index >= 15 is 0 Å². The molecular weight excluding hydrogens is 360 g/mol. The maximum atomic E-state index is 5.65. The quantitative estimate of drug-likeness (QED) is 0.596. The van der Waals surface area contributed by atoms with Crippen LogP contribution in [0.2, 0.25) is 0 Å². The van der Waals surface area contributed by atoms with E-state index in [9.17, 15) is 0 Å². The first kappa shape index (κ1) is 15.6. The first-order valence-electron chi connectivity index (χ1n) is 7.36. The predicted molar refractivity (Wildman–Crippen MR) is 97.9 cm³/mol. The SMILES string of the molecule is COc1ccc2[nH]c(-c3sccc3Br)c(CCCCN)c2c1. The van der Waals surface area contributed by atoms with Crippen LogP contribution in [0.1, 0.15) is 18.4 Å². The maximum absolute atomic E-state index is 5.65. The molecule has 3 rings (SSSR count). The highest BCUT2D eigenvalue weighted by Crippen LogP contribution is 2.39. The molecule has 3 N–H and O–H groups in total. The molecule has 2 aromatic heterocycles. The highest BCUT2D eigenvalue weighted by Gasteiger charge is 2.16. The number of thiophene rings is 1. The number of H-pyrrole nitrogens is 1. The molecule has 0 unspecified atom stereocenters. The van der Waals surface area contributed by atoms with Gasteiger partial charge in [0.2, 0.25) is 0 Å². The van der Waals surface area contributed by atoms with Crippen molar-refractivity contribution in [2.24, 2.45) is 5.73 Å². The fraction of sp³-hybridized carbons (Fsp3) is 0.294. The van der Waals surface area contributed by atoms with E-state index in [4.69, 9.17) is 10.5 Å². The summed E-state index contributed by atoms with van der Waals surface area (Å²) in [6.07, 6.45) is 3.16. The lowest BCUT2D eigenvalue weighted by molar-refractivity contribution is 0.415. The monoisotopic (exact) mass is 378 g/mol. The van der Waals surface area contributed by atoms with Crippen LogP contribution in [0.15, 0.2) is 34.1 Å². The lowest BCUT2D eigenvalue weighted by Gasteiger charge is -2.05. The van der Waals surface area contributed by atoms with Crippen molar-refractivity contribution >= 4 is 38.2 Å². The standard InChI is InChI=1S/C17H19BrN2OS/c1-21-11-5-6-15-13(10-11)12(4-2-3-8-19)16(20-15)17-14(18)7-9-22-17/h5-7,9-10,20H,2-4,8,19H2,1H3. The van der Waals surface area contributed by atoms with Crippen LogP contribution in [0, 0.1) is 0 Å². The summed E-state index contributed by atoms with van der Waals surface area (Å²) >= 11 is 5.40. The fourth-order valence-electron chi connectivity index (χ4n) is 2.73. The van der Waals surface area contributed by atoms with Crippen LogP contribution in [0.25, 0.3) is 21.5 Å². The highest BCUT2D eigenvalue weighted by molar-refractivity contribution is 9.10. The summed E-state index contributed by atoms with van der Waals surface area (Å²) in [6.45, 7) is 0.740. The van der Waals surface area contributed by atoms with E-state index in [-0.39, 0.29) is 0 Å². The minimum Gasteiger partial charge on any atom is -0.497 e. The third kappa shape index (κ3) is 2.93. The minimum atomic E-state index is 0.740. The zero-order valence-corrected chi connectivity index (χ0v) is 14.9. The predicted octanol–water partition coefficient (Wildman–Crippen LogP) is 4.95. The molecule has 0 atom stereocenters. The number of fused-ring (bicyclic) bond motifs is 1. The Labute approximate surface area is 142 Å². The van der Waals surface area contributed by atoms with Crippen molar-refractivity contribution < 1.29 is 4.74 Å². The van der Waals surface area contributed by atoms with Crippen molar-refractivity contribution in [3.05, 3.63) is 39.7 Å². The first-order valence-corrected chi connectivity index (χ1v) is 9.04. The Morgan fingerprint density at radius 3 is 2.82 bits per heavy atom. The zero-order valence-electron chi connectivity index (χ0n) is 12.5. The lowest BCUT2D eigenvalue weighted by atomic mass is 10.0. The van der Waals surface area contributed by atoms with Gasteiger partial charge in [0.05, 0.1) is 17.7 Å². The Bertz CT molecular complexity index is 778. The van der Waals surface area contributed by atoms with Crippen LogP contribution in [0.4, 0.5) is 0 Å². The first-order chi connectivity index (χ1) is 10.7. The molecule has 0 aliphatic rings. The molecule has 0 radical (unpaired) electrons. The van der Waals surface area contributed by atoms with Crippen LogP contribution in [0.3, 0.4) is 0 Å². The number of aryl methyl sites for hydroxylation is 1. The average molecular weight is 379 g/mol. The summed E-state index contributed by atoms with van der Waals surface area (Å²) in [6, 6.07) is 8.30. The van der Waals surface area contributed by atoms with Gasteiger partial charge >= 0.3 is 0 Å². The van der Waals surface area contributed by atoms with Gasteiger partial charge in [0.1, 0.15) is 5.75 Å². The van der Waals surface area contributed by atoms with Gasteiger partial charge in [0.15, 0.2) is 0 Å². The number of ether oxygens (including phenoxy) is 1. The summed E-state index contributed by atoms with van der Waals surface area (Å²) in [7, 11) is 1.71. The van der Waals surface area contributed by atoms with Gasteiger partial charge in [0.25, 0.3) is 0 Å². The van der Waals surface area contributed by atoms with Gasteiger partial charge in [0, 0.05) is 15.4 Å². The van der Waals surface area contributed by atoms with E-state index in [1.54, 1.807) is 18.4 Å². The number of nitrogens with one attached hydrogen (secondary N) is 1. The van der Waals surface area contributed by atoms with Crippen molar-refractivity contribution in [2.75, 3.05) is 13.7 Å². The van der Waals surface area contributed by atoms with Crippen molar-refractivity contribution in [1.82, 2.24) is 4.98 Å². The molecule has 0 spiro atoms. The molecule has 0 amide bonds. The summed E-state index contributed by atoms with van der Waals surface area (Å²) < 4.78 is 6.52. The third-order valence-corrected chi connectivity index (χ3v) is 5.69. The Morgan fingerprint density at radius 2 is 2.14 bits per heavy atom. The Hall–Kier alpha value is -1.30. The van der Waals surface area contributed by atoms with Crippen LogP contribution in [-0.4, -0.2) is 18.6 Å². The van der Waals surface area contributed by atoms with Crippen LogP contribution in [0.5, 0.6) is 5.75 Å². The van der Waals surface area contributed by atoms with Gasteiger partial charge in [-0.2, -0.15) is 0 Å². The number of hydrogen-bond donors (Lipinski definition) is 2. The normalized spacial score (nSPS) is 11.2. The van der Waals surface area contributed by atoms with Gasteiger partial charge in [-0.05, 0) is 76.9 Å². The van der Waals surface area contributed by atoms with Gasteiger partial charge in [-0.15, -0.1) is 11.3 Å². The maximum Gasteiger partial charge on any atom is 0.119 e. The molecule has 5 heteroatoms. The number of rotatable bonds is 6. The molecule has 2 heterocycles. The number of nitrogens with two attached hydrogens (primary N) is 1. The summed E-state index contributed by atoms with van der Waals surface area (Å²) in [5.41, 5.74) is 9.36. The molecule has 0 saturated carbocycles. The molecule has 0 fully saturated rings. The van der Waals surface area contributed by atoms with E-state index < -0.39 is 0 Å². The minimum absolute atomic E-state index is 0.740. The summed E-state index contributed by atoms with van der Waals surface area (Å²) in [4.78, 5) is 4.83. The topological polar surface area (TPSA) is 51.0 Å². The molecule has 0 bridgehead atoms. The number of aromatic amines is 1. The van der Waals surface area contributed by atoms with E-state index in [1.807, 2.05) is 6.07 Å². The highest BCUT2D eigenvalue weighted by atomic mass is 79.9. The van der Waals surface area contributed by atoms with E-state index in [0.29, 0.717) is 0 Å². The summed E-state index contributed by atoms with van der Waals surface area (Å²) in [5.74, 6) is 0.892. The number of methoxy groups -OCH3 is 1. The Morgan fingerprint density at radius 1 is 1.27 bits per heavy atom. The number of halogens is 1. The zero-order chi connectivity index (χ0) is 15.5. The molecule has 3 nitrogen and oxygen atoms in total. The second-order valence-electron chi connectivity index (χ2n) is 5.23. The van der Waals surface area contributed by atoms with Crippen molar-refractivity contribution in [3.8, 4) is 16.3 Å². The van der Waals surface area contributed by atoms with E-state index in [1.165, 1.54) is 21.5 Å². The van der Waals surface area contributed by atoms with Crippen molar-refractivity contribution in [3.63, 3.8) is 0 Å².